The highest BCUT2D eigenvalue weighted by Crippen LogP contribution is 2.06. The Morgan fingerprint density at radius 1 is 1.21 bits per heavy atom. The Morgan fingerprint density at radius 2 is 1.71 bits per heavy atom. The molecule has 0 aliphatic heterocycles. The van der Waals surface area contributed by atoms with Crippen molar-refractivity contribution in [2.24, 2.45) is 4.99 Å². The van der Waals surface area contributed by atoms with Crippen LogP contribution in [0.2, 0.25) is 0 Å². The molecule has 0 rings (SSSR count). The molecule has 0 spiro atoms. The van der Waals surface area contributed by atoms with Crippen molar-refractivity contribution in [3.8, 4) is 0 Å². The number of nitrogens with zero attached hydrogens (tertiary/aromatic N) is 1. The first-order valence-electron chi connectivity index (χ1n) is 5.13. The lowest BCUT2D eigenvalue weighted by atomic mass is 10.1. The van der Waals surface area contributed by atoms with E-state index < -0.39 is 0 Å². The lowest BCUT2D eigenvalue weighted by molar-refractivity contribution is 0.0311. The van der Waals surface area contributed by atoms with Crippen molar-refractivity contribution in [1.29, 1.82) is 0 Å². The third-order valence-electron chi connectivity index (χ3n) is 1.86. The summed E-state index contributed by atoms with van der Waals surface area (Å²) in [7, 11) is 1.70. The lowest BCUT2D eigenvalue weighted by Gasteiger charge is -2.21. The van der Waals surface area contributed by atoms with Gasteiger partial charge >= 0.3 is 0 Å². The molecule has 0 aromatic rings. The number of rotatable bonds is 5. The Bertz CT molecular complexity index is 170. The van der Waals surface area contributed by atoms with Gasteiger partial charge in [-0.15, -0.1) is 0 Å². The predicted molar refractivity (Wildman–Crippen MR) is 60.7 cm³/mol. The molecular formula is C10H23N3O. The minimum Gasteiger partial charge on any atom is -0.377 e. The zero-order valence-electron chi connectivity index (χ0n) is 9.98. The van der Waals surface area contributed by atoms with E-state index in [0.29, 0.717) is 6.54 Å². The van der Waals surface area contributed by atoms with Crippen LogP contribution in [-0.4, -0.2) is 38.3 Å². The van der Waals surface area contributed by atoms with Crippen molar-refractivity contribution < 1.29 is 4.74 Å². The molecule has 0 saturated carbocycles. The fourth-order valence-electron chi connectivity index (χ4n) is 0.843. The quantitative estimate of drug-likeness (QED) is 0.515. The SMILES string of the molecule is CCNC(=NCC(C)(C)OC)NCC. The molecule has 0 aromatic carbocycles. The Balaban J connectivity index is 4.13. The van der Waals surface area contributed by atoms with E-state index in [2.05, 4.69) is 15.6 Å². The summed E-state index contributed by atoms with van der Waals surface area (Å²) in [6, 6.07) is 0. The molecule has 4 heteroatoms. The fourth-order valence-corrected chi connectivity index (χ4v) is 0.843. The first-order valence-corrected chi connectivity index (χ1v) is 5.13. The number of hydrogen-bond donors (Lipinski definition) is 2. The van der Waals surface area contributed by atoms with Crippen LogP contribution < -0.4 is 10.6 Å². The van der Waals surface area contributed by atoms with Crippen LogP contribution in [0.25, 0.3) is 0 Å². The molecule has 0 aliphatic carbocycles. The number of aliphatic imine (C=N–C) groups is 1. The van der Waals surface area contributed by atoms with Crippen LogP contribution >= 0.6 is 0 Å². The van der Waals surface area contributed by atoms with E-state index >= 15 is 0 Å². The van der Waals surface area contributed by atoms with E-state index in [1.165, 1.54) is 0 Å². The third-order valence-corrected chi connectivity index (χ3v) is 1.86. The molecular weight excluding hydrogens is 178 g/mol. The molecule has 0 radical (unpaired) electrons. The standard InChI is InChI=1S/C10H23N3O/c1-6-11-9(12-7-2)13-8-10(3,4)14-5/h6-8H2,1-5H3,(H2,11,12,13). The molecule has 0 aliphatic rings. The highest BCUT2D eigenvalue weighted by Gasteiger charge is 2.15. The Kier molecular flexibility index (Phi) is 6.28. The molecule has 2 N–H and O–H groups in total. The average Bonchev–Trinajstić information content (AvgIpc) is 2.15. The summed E-state index contributed by atoms with van der Waals surface area (Å²) in [5.74, 6) is 0.847. The summed E-state index contributed by atoms with van der Waals surface area (Å²) in [6.45, 7) is 10.5. The van der Waals surface area contributed by atoms with Gasteiger partial charge in [0.2, 0.25) is 0 Å². The summed E-state index contributed by atoms with van der Waals surface area (Å²) in [4.78, 5) is 4.42. The van der Waals surface area contributed by atoms with Gasteiger partial charge in [0.25, 0.3) is 0 Å². The van der Waals surface area contributed by atoms with Gasteiger partial charge in [-0.3, -0.25) is 4.99 Å². The molecule has 0 saturated heterocycles. The highest BCUT2D eigenvalue weighted by atomic mass is 16.5. The minimum atomic E-state index is -0.198. The van der Waals surface area contributed by atoms with Gasteiger partial charge in [0, 0.05) is 20.2 Å². The van der Waals surface area contributed by atoms with Crippen LogP contribution in [0.3, 0.4) is 0 Å². The zero-order valence-corrected chi connectivity index (χ0v) is 9.98. The van der Waals surface area contributed by atoms with Crippen molar-refractivity contribution in [3.63, 3.8) is 0 Å². The largest absolute Gasteiger partial charge is 0.377 e. The molecule has 0 fully saturated rings. The first kappa shape index (κ1) is 13.2. The van der Waals surface area contributed by atoms with E-state index in [9.17, 15) is 0 Å². The van der Waals surface area contributed by atoms with Crippen LogP contribution in [0.15, 0.2) is 4.99 Å². The normalized spacial score (nSPS) is 10.9. The summed E-state index contributed by atoms with van der Waals surface area (Å²) >= 11 is 0. The highest BCUT2D eigenvalue weighted by molar-refractivity contribution is 5.79. The van der Waals surface area contributed by atoms with Crippen LogP contribution in [0, 0.1) is 0 Å². The lowest BCUT2D eigenvalue weighted by Crippen LogP contribution is -2.38. The smallest absolute Gasteiger partial charge is 0.191 e. The second kappa shape index (κ2) is 6.65. The van der Waals surface area contributed by atoms with Crippen LogP contribution in [0.5, 0.6) is 0 Å². The molecule has 4 nitrogen and oxygen atoms in total. The van der Waals surface area contributed by atoms with Crippen molar-refractivity contribution >= 4 is 5.96 Å². The number of nitrogens with one attached hydrogen (secondary N) is 2. The number of hydrogen-bond acceptors (Lipinski definition) is 2. The molecule has 0 atom stereocenters. The second-order valence-corrected chi connectivity index (χ2v) is 3.69. The monoisotopic (exact) mass is 201 g/mol. The fraction of sp³-hybridized carbons (Fsp3) is 0.900. The summed E-state index contributed by atoms with van der Waals surface area (Å²) in [6.07, 6.45) is 0. The zero-order chi connectivity index (χ0) is 11.0. The van der Waals surface area contributed by atoms with Gasteiger partial charge in [-0.25, -0.2) is 0 Å². The maximum atomic E-state index is 5.28. The Hall–Kier alpha value is -0.770. The number of methoxy groups -OCH3 is 1. The van der Waals surface area contributed by atoms with E-state index in [4.69, 9.17) is 4.74 Å². The first-order chi connectivity index (χ1) is 6.55. The summed E-state index contributed by atoms with van der Waals surface area (Å²) in [5, 5.41) is 6.33. The van der Waals surface area contributed by atoms with E-state index in [0.717, 1.165) is 19.0 Å². The van der Waals surface area contributed by atoms with Gasteiger partial charge in [-0.1, -0.05) is 0 Å². The van der Waals surface area contributed by atoms with Crippen molar-refractivity contribution in [2.45, 2.75) is 33.3 Å². The Labute approximate surface area is 87.1 Å². The van der Waals surface area contributed by atoms with Crippen LogP contribution in [-0.2, 0) is 4.74 Å². The maximum Gasteiger partial charge on any atom is 0.191 e. The molecule has 84 valence electrons. The minimum absolute atomic E-state index is 0.198. The van der Waals surface area contributed by atoms with Crippen LogP contribution in [0.4, 0.5) is 0 Å². The van der Waals surface area contributed by atoms with E-state index in [1.807, 2.05) is 27.7 Å². The van der Waals surface area contributed by atoms with Gasteiger partial charge < -0.3 is 15.4 Å². The third kappa shape index (κ3) is 5.80. The van der Waals surface area contributed by atoms with Crippen molar-refractivity contribution in [1.82, 2.24) is 10.6 Å². The van der Waals surface area contributed by atoms with Gasteiger partial charge in [0.1, 0.15) is 0 Å². The molecule has 0 bridgehead atoms. The van der Waals surface area contributed by atoms with Crippen LogP contribution in [0.1, 0.15) is 27.7 Å². The second-order valence-electron chi connectivity index (χ2n) is 3.69. The average molecular weight is 201 g/mol. The van der Waals surface area contributed by atoms with Gasteiger partial charge in [-0.05, 0) is 27.7 Å². The predicted octanol–water partition coefficient (Wildman–Crippen LogP) is 0.986. The molecule has 0 amide bonds. The molecule has 14 heavy (non-hydrogen) atoms. The summed E-state index contributed by atoms with van der Waals surface area (Å²) in [5.41, 5.74) is -0.198. The van der Waals surface area contributed by atoms with E-state index in [-0.39, 0.29) is 5.60 Å². The topological polar surface area (TPSA) is 45.7 Å². The molecule has 0 unspecified atom stereocenters. The van der Waals surface area contributed by atoms with E-state index in [1.54, 1.807) is 7.11 Å². The summed E-state index contributed by atoms with van der Waals surface area (Å²) < 4.78 is 5.28. The van der Waals surface area contributed by atoms with Gasteiger partial charge in [-0.2, -0.15) is 0 Å². The maximum absolute atomic E-state index is 5.28. The molecule has 0 heterocycles. The van der Waals surface area contributed by atoms with Gasteiger partial charge in [0.05, 0.1) is 12.1 Å². The Morgan fingerprint density at radius 3 is 2.07 bits per heavy atom. The number of guanidine groups is 1. The van der Waals surface area contributed by atoms with Crippen molar-refractivity contribution in [2.75, 3.05) is 26.7 Å². The van der Waals surface area contributed by atoms with Gasteiger partial charge in [0.15, 0.2) is 5.96 Å². The number of ether oxygens (including phenoxy) is 1. The molecule has 0 aromatic heterocycles. The van der Waals surface area contributed by atoms with Crippen molar-refractivity contribution in [3.05, 3.63) is 0 Å².